The van der Waals surface area contributed by atoms with E-state index < -0.39 is 0 Å². The van der Waals surface area contributed by atoms with Crippen molar-refractivity contribution in [2.45, 2.75) is 0 Å². The summed E-state index contributed by atoms with van der Waals surface area (Å²) in [7, 11) is 3.03. The minimum atomic E-state index is -0.283. The van der Waals surface area contributed by atoms with Crippen LogP contribution in [0.2, 0.25) is 0 Å². The van der Waals surface area contributed by atoms with Crippen molar-refractivity contribution in [3.8, 4) is 11.5 Å². The van der Waals surface area contributed by atoms with Crippen LogP contribution in [0.1, 0.15) is 20.7 Å². The summed E-state index contributed by atoms with van der Waals surface area (Å²) in [4.78, 5) is 24.0. The van der Waals surface area contributed by atoms with Gasteiger partial charge in [0.25, 0.3) is 5.91 Å². The number of Topliss-reactive ketones (excluding diaryl/α,β-unsaturated/α-hetero) is 1. The van der Waals surface area contributed by atoms with Crippen molar-refractivity contribution in [3.63, 3.8) is 0 Å². The number of methoxy groups -OCH3 is 2. The molecule has 114 valence electrons. The van der Waals surface area contributed by atoms with Crippen LogP contribution in [0.3, 0.4) is 0 Å². The lowest BCUT2D eigenvalue weighted by atomic mass is 10.1. The predicted molar refractivity (Wildman–Crippen MR) is 82.7 cm³/mol. The van der Waals surface area contributed by atoms with Crippen molar-refractivity contribution in [3.05, 3.63) is 59.7 Å². The average molecular weight is 299 g/mol. The molecular formula is C17H17NO4. The third-order valence-electron chi connectivity index (χ3n) is 3.15. The molecule has 2 aromatic rings. The highest BCUT2D eigenvalue weighted by atomic mass is 16.5. The monoisotopic (exact) mass is 299 g/mol. The van der Waals surface area contributed by atoms with Crippen LogP contribution >= 0.6 is 0 Å². The van der Waals surface area contributed by atoms with Gasteiger partial charge in [0.2, 0.25) is 0 Å². The summed E-state index contributed by atoms with van der Waals surface area (Å²) in [5, 5.41) is 2.60. The second-order valence-corrected chi connectivity index (χ2v) is 4.54. The van der Waals surface area contributed by atoms with Gasteiger partial charge in [0, 0.05) is 11.1 Å². The Hall–Kier alpha value is -2.82. The van der Waals surface area contributed by atoms with Gasteiger partial charge in [-0.3, -0.25) is 9.59 Å². The highest BCUT2D eigenvalue weighted by Gasteiger charge is 2.12. The molecule has 0 saturated carbocycles. The Morgan fingerprint density at radius 1 is 0.909 bits per heavy atom. The van der Waals surface area contributed by atoms with E-state index in [1.165, 1.54) is 14.2 Å². The smallest absolute Gasteiger partial charge is 0.251 e. The fourth-order valence-electron chi connectivity index (χ4n) is 1.96. The number of hydrogen-bond donors (Lipinski definition) is 1. The molecule has 0 aliphatic carbocycles. The van der Waals surface area contributed by atoms with E-state index in [0.717, 1.165) is 0 Å². The summed E-state index contributed by atoms with van der Waals surface area (Å²) in [6.45, 7) is -0.0801. The summed E-state index contributed by atoms with van der Waals surface area (Å²) in [6, 6.07) is 13.6. The molecule has 0 bridgehead atoms. The Morgan fingerprint density at radius 3 is 2.23 bits per heavy atom. The zero-order chi connectivity index (χ0) is 15.9. The predicted octanol–water partition coefficient (Wildman–Crippen LogP) is 2.32. The molecule has 0 aliphatic rings. The molecule has 0 heterocycles. The molecule has 0 spiro atoms. The maximum atomic E-state index is 12.1. The second-order valence-electron chi connectivity index (χ2n) is 4.54. The number of carbonyl (C=O) groups excluding carboxylic acids is 2. The first-order valence-electron chi connectivity index (χ1n) is 6.74. The number of ketones is 1. The van der Waals surface area contributed by atoms with Crippen LogP contribution in [-0.4, -0.2) is 32.5 Å². The number of rotatable bonds is 6. The fraction of sp³-hybridized carbons (Fsp3) is 0.176. The van der Waals surface area contributed by atoms with Crippen molar-refractivity contribution >= 4 is 11.7 Å². The molecule has 0 saturated heterocycles. The first kappa shape index (κ1) is 15.6. The standard InChI is InChI=1S/C17H17NO4/c1-21-15-9-8-13(10-16(15)22-2)14(19)11-18-17(20)12-6-4-3-5-7-12/h3-10H,11H2,1-2H3,(H,18,20). The first-order valence-corrected chi connectivity index (χ1v) is 6.74. The Bertz CT molecular complexity index is 668. The van der Waals surface area contributed by atoms with Gasteiger partial charge in [-0.25, -0.2) is 0 Å². The van der Waals surface area contributed by atoms with Crippen LogP contribution < -0.4 is 14.8 Å². The molecule has 0 radical (unpaired) electrons. The number of ether oxygens (including phenoxy) is 2. The van der Waals surface area contributed by atoms with Crippen LogP contribution in [-0.2, 0) is 0 Å². The van der Waals surface area contributed by atoms with E-state index in [9.17, 15) is 9.59 Å². The van der Waals surface area contributed by atoms with Crippen molar-refractivity contribution < 1.29 is 19.1 Å². The maximum absolute atomic E-state index is 12.1. The maximum Gasteiger partial charge on any atom is 0.251 e. The van der Waals surface area contributed by atoms with Gasteiger partial charge in [0.1, 0.15) is 0 Å². The molecular weight excluding hydrogens is 282 g/mol. The minimum Gasteiger partial charge on any atom is -0.493 e. The topological polar surface area (TPSA) is 64.6 Å². The molecule has 1 amide bonds. The minimum absolute atomic E-state index is 0.0801. The normalized spacial score (nSPS) is 9.91. The molecule has 0 unspecified atom stereocenters. The lowest BCUT2D eigenvalue weighted by molar-refractivity contribution is 0.0904. The van der Waals surface area contributed by atoms with Gasteiger partial charge >= 0.3 is 0 Å². The van der Waals surface area contributed by atoms with Crippen LogP contribution in [0.5, 0.6) is 11.5 Å². The van der Waals surface area contributed by atoms with Gasteiger partial charge in [-0.15, -0.1) is 0 Å². The molecule has 2 rings (SSSR count). The number of carbonyl (C=O) groups is 2. The Labute approximate surface area is 128 Å². The Kier molecular flexibility index (Phi) is 5.14. The third kappa shape index (κ3) is 3.63. The highest BCUT2D eigenvalue weighted by molar-refractivity contribution is 6.02. The molecule has 22 heavy (non-hydrogen) atoms. The lowest BCUT2D eigenvalue weighted by Crippen LogP contribution is -2.29. The van der Waals surface area contributed by atoms with E-state index in [0.29, 0.717) is 22.6 Å². The number of hydrogen-bond acceptors (Lipinski definition) is 4. The zero-order valence-electron chi connectivity index (χ0n) is 12.5. The van der Waals surface area contributed by atoms with Crippen molar-refractivity contribution in [1.29, 1.82) is 0 Å². The van der Waals surface area contributed by atoms with Crippen molar-refractivity contribution in [2.24, 2.45) is 0 Å². The molecule has 0 atom stereocenters. The number of benzene rings is 2. The first-order chi connectivity index (χ1) is 10.7. The van der Waals surface area contributed by atoms with Crippen molar-refractivity contribution in [2.75, 3.05) is 20.8 Å². The Morgan fingerprint density at radius 2 is 1.59 bits per heavy atom. The van der Waals surface area contributed by atoms with Crippen LogP contribution in [0.25, 0.3) is 0 Å². The fourth-order valence-corrected chi connectivity index (χ4v) is 1.96. The van der Waals surface area contributed by atoms with Crippen LogP contribution in [0.15, 0.2) is 48.5 Å². The highest BCUT2D eigenvalue weighted by Crippen LogP contribution is 2.27. The van der Waals surface area contributed by atoms with Gasteiger partial charge in [-0.05, 0) is 30.3 Å². The van der Waals surface area contributed by atoms with Crippen molar-refractivity contribution in [1.82, 2.24) is 5.32 Å². The van der Waals surface area contributed by atoms with Gasteiger partial charge in [-0.1, -0.05) is 18.2 Å². The largest absolute Gasteiger partial charge is 0.493 e. The van der Waals surface area contributed by atoms with Gasteiger partial charge in [0.05, 0.1) is 20.8 Å². The van der Waals surface area contributed by atoms with Gasteiger partial charge in [0.15, 0.2) is 17.3 Å². The molecule has 5 heteroatoms. The van der Waals surface area contributed by atoms with Crippen LogP contribution in [0.4, 0.5) is 0 Å². The van der Waals surface area contributed by atoms with E-state index in [2.05, 4.69) is 5.32 Å². The van der Waals surface area contributed by atoms with Crippen LogP contribution in [0, 0.1) is 0 Å². The van der Waals surface area contributed by atoms with Gasteiger partial charge in [-0.2, -0.15) is 0 Å². The Balaban J connectivity index is 2.02. The van der Waals surface area contributed by atoms with E-state index in [1.807, 2.05) is 6.07 Å². The van der Waals surface area contributed by atoms with E-state index in [4.69, 9.17) is 9.47 Å². The van der Waals surface area contributed by atoms with E-state index in [-0.39, 0.29) is 18.2 Å². The summed E-state index contributed by atoms with van der Waals surface area (Å²) in [5.74, 6) is 0.537. The summed E-state index contributed by atoms with van der Waals surface area (Å²) < 4.78 is 10.3. The molecule has 0 aromatic heterocycles. The quantitative estimate of drug-likeness (QED) is 0.831. The van der Waals surface area contributed by atoms with E-state index >= 15 is 0 Å². The second kappa shape index (κ2) is 7.26. The molecule has 0 aliphatic heterocycles. The SMILES string of the molecule is COc1ccc(C(=O)CNC(=O)c2ccccc2)cc1OC. The lowest BCUT2D eigenvalue weighted by Gasteiger charge is -2.09. The average Bonchev–Trinajstić information content (AvgIpc) is 2.59. The number of nitrogens with one attached hydrogen (secondary N) is 1. The molecule has 2 aromatic carbocycles. The summed E-state index contributed by atoms with van der Waals surface area (Å²) >= 11 is 0. The third-order valence-corrected chi connectivity index (χ3v) is 3.15. The zero-order valence-corrected chi connectivity index (χ0v) is 12.5. The van der Waals surface area contributed by atoms with Gasteiger partial charge < -0.3 is 14.8 Å². The number of amides is 1. The summed E-state index contributed by atoms with van der Waals surface area (Å²) in [5.41, 5.74) is 0.966. The van der Waals surface area contributed by atoms with E-state index in [1.54, 1.807) is 42.5 Å². The molecule has 0 fully saturated rings. The molecule has 1 N–H and O–H groups in total. The molecule has 5 nitrogen and oxygen atoms in total. The summed E-state index contributed by atoms with van der Waals surface area (Å²) in [6.07, 6.45) is 0.